The van der Waals surface area contributed by atoms with Crippen LogP contribution in [0.3, 0.4) is 0 Å². The number of carbonyl (C=O) groups is 4. The quantitative estimate of drug-likeness (QED) is 0.0268. The molecular weight excluding hydrogens is 929 g/mol. The molecule has 15 nitrogen and oxygen atoms in total. The van der Waals surface area contributed by atoms with E-state index in [4.69, 9.17) is 34.3 Å². The molecule has 0 aromatic heterocycles. The smallest absolute Gasteiger partial charge is 0.338 e. The van der Waals surface area contributed by atoms with E-state index in [-0.39, 0.29) is 0 Å². The van der Waals surface area contributed by atoms with Crippen molar-refractivity contribution < 1.29 is 70.3 Å². The molecule has 17 heteroatoms. The third-order valence-electron chi connectivity index (χ3n) is 11.8. The summed E-state index contributed by atoms with van der Waals surface area (Å²) in [7, 11) is -9.56. The minimum atomic E-state index is -4.78. The van der Waals surface area contributed by atoms with Crippen molar-refractivity contribution >= 4 is 44.1 Å². The van der Waals surface area contributed by atoms with Gasteiger partial charge in [0.05, 0.1) is 22.3 Å². The number of rotatable bonds is 40. The van der Waals surface area contributed by atoms with E-state index in [0.717, 1.165) is 49.6 Å². The van der Waals surface area contributed by atoms with Gasteiger partial charge in [0, 0.05) is 13.2 Å². The first-order valence-corrected chi connectivity index (χ1v) is 28.5. The summed E-state index contributed by atoms with van der Waals surface area (Å²) in [6.07, 6.45) is 46.0. The van der Waals surface area contributed by atoms with Crippen molar-refractivity contribution in [3.05, 3.63) is 58.7 Å². The van der Waals surface area contributed by atoms with Crippen LogP contribution in [-0.4, -0.2) is 83.5 Å². The molecule has 0 spiro atoms. The van der Waals surface area contributed by atoms with Crippen molar-refractivity contribution in [3.8, 4) is 0 Å². The molecule has 0 fully saturated rings. The predicted molar refractivity (Wildman–Crippen MR) is 270 cm³/mol. The highest BCUT2D eigenvalue weighted by Crippen LogP contribution is 2.22. The maximum Gasteiger partial charge on any atom is 0.338 e. The SMILES string of the molecule is CCCCCCCCCCCCCCCCCCOCCCCCCCCCCCCCCCCCC.O=C(O)c1cccc(S(=O)(=O)O)c1C(=O)O.O=C(O)c1cccc(S(=O)(=O)O)c1C(=O)O. The van der Waals surface area contributed by atoms with Gasteiger partial charge >= 0.3 is 23.9 Å². The molecule has 0 radical (unpaired) electrons. The Morgan fingerprint density at radius 2 is 0.580 bits per heavy atom. The number of unbranched alkanes of at least 4 members (excludes halogenated alkanes) is 30. The van der Waals surface area contributed by atoms with Gasteiger partial charge in [0.15, 0.2) is 0 Å². The summed E-state index contributed by atoms with van der Waals surface area (Å²) in [4.78, 5) is 41.0. The third kappa shape index (κ3) is 33.3. The fourth-order valence-electron chi connectivity index (χ4n) is 7.90. The van der Waals surface area contributed by atoms with Crippen molar-refractivity contribution in [1.29, 1.82) is 0 Å². The van der Waals surface area contributed by atoms with Crippen LogP contribution in [0.25, 0.3) is 0 Å². The lowest BCUT2D eigenvalue weighted by Crippen LogP contribution is -2.14. The van der Waals surface area contributed by atoms with Crippen molar-refractivity contribution in [2.24, 2.45) is 0 Å². The summed E-state index contributed by atoms with van der Waals surface area (Å²) in [5.41, 5.74) is -3.33. The van der Waals surface area contributed by atoms with E-state index in [1.165, 1.54) is 205 Å². The molecule has 0 saturated heterocycles. The highest BCUT2D eigenvalue weighted by atomic mass is 32.2. The second-order valence-corrected chi connectivity index (χ2v) is 20.5. The summed E-state index contributed by atoms with van der Waals surface area (Å²) < 4.78 is 66.7. The average molecular weight is 1020 g/mol. The summed E-state index contributed by atoms with van der Waals surface area (Å²) in [5, 5.41) is 34.8. The van der Waals surface area contributed by atoms with Gasteiger partial charge < -0.3 is 25.2 Å². The summed E-state index contributed by atoms with van der Waals surface area (Å²) in [6.45, 7) is 6.60. The van der Waals surface area contributed by atoms with Crippen molar-refractivity contribution in [3.63, 3.8) is 0 Å². The van der Waals surface area contributed by atoms with E-state index >= 15 is 0 Å². The lowest BCUT2D eigenvalue weighted by Gasteiger charge is -2.06. The van der Waals surface area contributed by atoms with Crippen molar-refractivity contribution in [1.82, 2.24) is 0 Å². The summed E-state index contributed by atoms with van der Waals surface area (Å²) >= 11 is 0. The van der Waals surface area contributed by atoms with E-state index in [1.807, 2.05) is 0 Å². The molecule has 0 saturated carbocycles. The van der Waals surface area contributed by atoms with E-state index in [0.29, 0.717) is 0 Å². The molecule has 0 atom stereocenters. The number of hydrogen-bond donors (Lipinski definition) is 6. The van der Waals surface area contributed by atoms with Crippen LogP contribution < -0.4 is 0 Å². The van der Waals surface area contributed by atoms with Crippen LogP contribution in [-0.2, 0) is 25.0 Å². The van der Waals surface area contributed by atoms with Gasteiger partial charge in [0.25, 0.3) is 20.2 Å². The molecule has 0 unspecified atom stereocenters. The molecule has 2 aromatic rings. The molecule has 2 rings (SSSR count). The first-order valence-electron chi connectivity index (χ1n) is 25.6. The highest BCUT2D eigenvalue weighted by Gasteiger charge is 2.27. The van der Waals surface area contributed by atoms with Crippen LogP contribution in [0.5, 0.6) is 0 Å². The van der Waals surface area contributed by atoms with Gasteiger partial charge in [-0.2, -0.15) is 16.8 Å². The molecule has 0 bridgehead atoms. The number of aromatic carboxylic acids is 4. The normalized spacial score (nSPS) is 11.3. The fraction of sp³-hybridized carbons (Fsp3) is 0.692. The molecule has 69 heavy (non-hydrogen) atoms. The average Bonchev–Trinajstić information content (AvgIpc) is 3.29. The van der Waals surface area contributed by atoms with Gasteiger partial charge in [-0.25, -0.2) is 19.2 Å². The Bertz CT molecular complexity index is 1790. The zero-order chi connectivity index (χ0) is 51.8. The van der Waals surface area contributed by atoms with E-state index in [1.54, 1.807) is 0 Å². The second-order valence-electron chi connectivity index (χ2n) is 17.7. The van der Waals surface area contributed by atoms with Crippen LogP contribution >= 0.6 is 0 Å². The molecular formula is C52H86O15S2. The Hall–Kier alpha value is -3.90. The lowest BCUT2D eigenvalue weighted by molar-refractivity contribution is 0.0648. The Labute approximate surface area is 413 Å². The number of ether oxygens (including phenoxy) is 1. The maximum atomic E-state index is 10.8. The number of hydrogen-bond acceptors (Lipinski definition) is 9. The van der Waals surface area contributed by atoms with Gasteiger partial charge in [-0.05, 0) is 37.1 Å². The lowest BCUT2D eigenvalue weighted by atomic mass is 10.0. The first-order chi connectivity index (χ1) is 32.9. The van der Waals surface area contributed by atoms with E-state index in [2.05, 4.69) is 13.8 Å². The first kappa shape index (κ1) is 65.1. The van der Waals surface area contributed by atoms with E-state index < -0.39 is 76.2 Å². The van der Waals surface area contributed by atoms with Crippen molar-refractivity contribution in [2.45, 2.75) is 229 Å². The van der Waals surface area contributed by atoms with Gasteiger partial charge in [0.2, 0.25) is 0 Å². The third-order valence-corrected chi connectivity index (χ3v) is 13.6. The molecule has 0 aliphatic rings. The van der Waals surface area contributed by atoms with Crippen LogP contribution in [0.4, 0.5) is 0 Å². The molecule has 0 amide bonds. The minimum absolute atomic E-state index is 0.706. The molecule has 2 aromatic carbocycles. The largest absolute Gasteiger partial charge is 0.478 e. The number of benzene rings is 2. The van der Waals surface area contributed by atoms with E-state index in [9.17, 15) is 36.0 Å². The maximum absolute atomic E-state index is 10.8. The molecule has 0 aliphatic carbocycles. The zero-order valence-electron chi connectivity index (χ0n) is 41.7. The standard InChI is InChI=1S/C36H74O.2C8H6O7S/c1-3-5-7-9-11-13-15-17-19-21-23-25-27-29-31-33-35-37-36-34-32-30-28-26-24-22-20-18-16-14-12-10-8-6-4-2;2*9-7(10)4-2-1-3-5(16(13,14)15)6(4)8(11)12/h3-36H2,1-2H3;2*1-3H,(H,9,10)(H,11,12)(H,13,14,15). The Kier molecular flexibility index (Phi) is 38.5. The van der Waals surface area contributed by atoms with Crippen LogP contribution in [0.15, 0.2) is 46.2 Å². The topological polar surface area (TPSA) is 267 Å². The summed E-state index contributed by atoms with van der Waals surface area (Å²) in [5.74, 6) is -6.68. The van der Waals surface area contributed by atoms with Crippen LogP contribution in [0.2, 0.25) is 0 Å². The molecule has 0 heterocycles. The highest BCUT2D eigenvalue weighted by molar-refractivity contribution is 7.86. The van der Waals surface area contributed by atoms with Crippen molar-refractivity contribution in [2.75, 3.05) is 13.2 Å². The molecule has 6 N–H and O–H groups in total. The number of carboxylic acids is 4. The monoisotopic (exact) mass is 1010 g/mol. The van der Waals surface area contributed by atoms with Gasteiger partial charge in [-0.3, -0.25) is 9.11 Å². The Morgan fingerprint density at radius 1 is 0.362 bits per heavy atom. The number of carboxylic acid groups (broad SMARTS) is 4. The second kappa shape index (κ2) is 40.8. The van der Waals surface area contributed by atoms with Gasteiger partial charge in [-0.15, -0.1) is 0 Å². The minimum Gasteiger partial charge on any atom is -0.478 e. The van der Waals surface area contributed by atoms with Crippen LogP contribution in [0, 0.1) is 0 Å². The predicted octanol–water partition coefficient (Wildman–Crippen LogP) is 14.2. The Balaban J connectivity index is 0.00000118. The van der Waals surface area contributed by atoms with Crippen LogP contribution in [0.1, 0.15) is 261 Å². The summed E-state index contributed by atoms with van der Waals surface area (Å²) in [6, 6.07) is 5.54. The fourth-order valence-corrected chi connectivity index (χ4v) is 9.31. The molecule has 0 aliphatic heterocycles. The van der Waals surface area contributed by atoms with Gasteiger partial charge in [-0.1, -0.05) is 219 Å². The zero-order valence-corrected chi connectivity index (χ0v) is 43.3. The Morgan fingerprint density at radius 3 is 0.768 bits per heavy atom. The molecule has 396 valence electrons. The van der Waals surface area contributed by atoms with Gasteiger partial charge in [0.1, 0.15) is 9.79 Å².